The number of hydrogen-bond donors (Lipinski definition) is 1. The van der Waals surface area contributed by atoms with Crippen molar-refractivity contribution in [2.45, 2.75) is 13.5 Å². The highest BCUT2D eigenvalue weighted by molar-refractivity contribution is 5.85. The maximum Gasteiger partial charge on any atom is 0.241 e. The summed E-state index contributed by atoms with van der Waals surface area (Å²) in [5, 5.41) is 3.13. The van der Waals surface area contributed by atoms with E-state index in [9.17, 15) is 4.79 Å². The lowest BCUT2D eigenvalue weighted by Gasteiger charge is -2.19. The lowest BCUT2D eigenvalue weighted by Crippen LogP contribution is -2.31. The van der Waals surface area contributed by atoms with Crippen molar-refractivity contribution >= 4 is 24.0 Å². The number of anilines is 1. The van der Waals surface area contributed by atoms with E-state index in [1.165, 1.54) is 0 Å². The van der Waals surface area contributed by atoms with Crippen molar-refractivity contribution in [3.63, 3.8) is 0 Å². The zero-order valence-corrected chi connectivity index (χ0v) is 14.3. The van der Waals surface area contributed by atoms with Crippen molar-refractivity contribution in [1.29, 1.82) is 0 Å². The Morgan fingerprint density at radius 3 is 2.43 bits per heavy atom. The Labute approximate surface area is 143 Å². The number of nitrogens with one attached hydrogen (secondary N) is 1. The summed E-state index contributed by atoms with van der Waals surface area (Å²) in [5.74, 6) is 0.871. The molecular weight excluding hydrogens is 312 g/mol. The number of rotatable bonds is 7. The molecule has 4 nitrogen and oxygen atoms in total. The van der Waals surface area contributed by atoms with Gasteiger partial charge in [0.1, 0.15) is 5.75 Å². The molecule has 0 unspecified atom stereocenters. The van der Waals surface area contributed by atoms with E-state index in [0.29, 0.717) is 13.2 Å². The van der Waals surface area contributed by atoms with Crippen LogP contribution >= 0.6 is 12.4 Å². The standard InChI is InChI=1S/C18H22N2O2.ClH/c1-3-22-17-12-8-7-9-15(17)14-20(2)18(21)13-19-16-10-5-4-6-11-16;/h4-12,19H,3,13-14H2,1-2H3;1H. The maximum absolute atomic E-state index is 12.2. The highest BCUT2D eigenvalue weighted by Crippen LogP contribution is 2.19. The predicted octanol–water partition coefficient (Wildman–Crippen LogP) is 3.58. The Hall–Kier alpha value is -2.20. The van der Waals surface area contributed by atoms with Crippen LogP contribution in [0, 0.1) is 0 Å². The molecule has 0 aliphatic rings. The second-order valence-corrected chi connectivity index (χ2v) is 5.01. The molecule has 0 radical (unpaired) electrons. The van der Waals surface area contributed by atoms with Crippen molar-refractivity contribution in [2.24, 2.45) is 0 Å². The molecule has 0 aromatic heterocycles. The first-order chi connectivity index (χ1) is 10.7. The van der Waals surface area contributed by atoms with Gasteiger partial charge in [-0.2, -0.15) is 0 Å². The lowest BCUT2D eigenvalue weighted by atomic mass is 10.2. The minimum atomic E-state index is 0. The number of amides is 1. The molecule has 2 aromatic rings. The Balaban J connectivity index is 0.00000264. The molecule has 0 saturated heterocycles. The molecular formula is C18H23ClN2O2. The molecule has 0 saturated carbocycles. The second-order valence-electron chi connectivity index (χ2n) is 5.01. The average molecular weight is 335 g/mol. The third-order valence-electron chi connectivity index (χ3n) is 3.32. The van der Waals surface area contributed by atoms with Crippen LogP contribution in [0.3, 0.4) is 0 Å². The van der Waals surface area contributed by atoms with Crippen LogP contribution in [-0.2, 0) is 11.3 Å². The lowest BCUT2D eigenvalue weighted by molar-refractivity contribution is -0.128. The van der Waals surface area contributed by atoms with E-state index < -0.39 is 0 Å². The van der Waals surface area contributed by atoms with Crippen LogP contribution in [0.1, 0.15) is 12.5 Å². The number of nitrogens with zero attached hydrogens (tertiary/aromatic N) is 1. The Morgan fingerprint density at radius 1 is 1.09 bits per heavy atom. The maximum atomic E-state index is 12.2. The monoisotopic (exact) mass is 334 g/mol. The molecule has 0 bridgehead atoms. The number of para-hydroxylation sites is 2. The number of halogens is 1. The molecule has 0 atom stereocenters. The van der Waals surface area contributed by atoms with Crippen molar-refractivity contribution in [2.75, 3.05) is 25.5 Å². The molecule has 124 valence electrons. The second kappa shape index (κ2) is 9.74. The molecule has 2 aromatic carbocycles. The Bertz CT molecular complexity index is 605. The summed E-state index contributed by atoms with van der Waals surface area (Å²) in [6, 6.07) is 17.5. The number of benzene rings is 2. The van der Waals surface area contributed by atoms with Gasteiger partial charge < -0.3 is 15.0 Å². The van der Waals surface area contributed by atoms with Gasteiger partial charge in [0.25, 0.3) is 0 Å². The van der Waals surface area contributed by atoms with Gasteiger partial charge in [0.05, 0.1) is 13.2 Å². The highest BCUT2D eigenvalue weighted by atomic mass is 35.5. The fourth-order valence-corrected chi connectivity index (χ4v) is 2.14. The van der Waals surface area contributed by atoms with E-state index in [2.05, 4.69) is 5.32 Å². The summed E-state index contributed by atoms with van der Waals surface area (Å²) in [4.78, 5) is 13.9. The first-order valence-corrected chi connectivity index (χ1v) is 7.44. The number of hydrogen-bond acceptors (Lipinski definition) is 3. The molecule has 1 N–H and O–H groups in total. The van der Waals surface area contributed by atoms with Crippen molar-refractivity contribution in [1.82, 2.24) is 4.90 Å². The van der Waals surface area contributed by atoms with Gasteiger partial charge in [-0.15, -0.1) is 12.4 Å². The minimum absolute atomic E-state index is 0. The first-order valence-electron chi connectivity index (χ1n) is 7.44. The summed E-state index contributed by atoms with van der Waals surface area (Å²) >= 11 is 0. The van der Waals surface area contributed by atoms with Gasteiger partial charge in [-0.25, -0.2) is 0 Å². The minimum Gasteiger partial charge on any atom is -0.494 e. The number of ether oxygens (including phenoxy) is 1. The topological polar surface area (TPSA) is 41.6 Å². The molecule has 1 amide bonds. The van der Waals surface area contributed by atoms with E-state index in [-0.39, 0.29) is 24.9 Å². The molecule has 0 aliphatic heterocycles. The van der Waals surface area contributed by atoms with Crippen LogP contribution in [0.4, 0.5) is 5.69 Å². The van der Waals surface area contributed by atoms with E-state index in [1.54, 1.807) is 11.9 Å². The zero-order chi connectivity index (χ0) is 15.8. The third-order valence-corrected chi connectivity index (χ3v) is 3.32. The van der Waals surface area contributed by atoms with Crippen molar-refractivity contribution < 1.29 is 9.53 Å². The summed E-state index contributed by atoms with van der Waals surface area (Å²) in [5.41, 5.74) is 1.96. The predicted molar refractivity (Wildman–Crippen MR) is 96.3 cm³/mol. The number of carbonyl (C=O) groups is 1. The van der Waals surface area contributed by atoms with Crippen LogP contribution in [0.15, 0.2) is 54.6 Å². The summed E-state index contributed by atoms with van der Waals surface area (Å²) in [7, 11) is 1.80. The summed E-state index contributed by atoms with van der Waals surface area (Å²) in [6.07, 6.45) is 0. The third kappa shape index (κ3) is 5.83. The van der Waals surface area contributed by atoms with Gasteiger partial charge in [-0.3, -0.25) is 4.79 Å². The van der Waals surface area contributed by atoms with E-state index >= 15 is 0 Å². The summed E-state index contributed by atoms with van der Waals surface area (Å²) in [6.45, 7) is 3.38. The van der Waals surface area contributed by atoms with Crippen LogP contribution in [0.2, 0.25) is 0 Å². The van der Waals surface area contributed by atoms with Gasteiger partial charge in [-0.05, 0) is 25.1 Å². The molecule has 0 aliphatic carbocycles. The van der Waals surface area contributed by atoms with Gasteiger partial charge in [-0.1, -0.05) is 36.4 Å². The van der Waals surface area contributed by atoms with Gasteiger partial charge in [0, 0.05) is 24.8 Å². The molecule has 0 fully saturated rings. The quantitative estimate of drug-likeness (QED) is 0.841. The smallest absolute Gasteiger partial charge is 0.241 e. The molecule has 5 heteroatoms. The van der Waals surface area contributed by atoms with Gasteiger partial charge in [0.15, 0.2) is 0 Å². The number of likely N-dealkylation sites (N-methyl/N-ethyl adjacent to an activating group) is 1. The fourth-order valence-electron chi connectivity index (χ4n) is 2.14. The van der Waals surface area contributed by atoms with Crippen LogP contribution in [0.5, 0.6) is 5.75 Å². The molecule has 23 heavy (non-hydrogen) atoms. The van der Waals surface area contributed by atoms with Crippen LogP contribution in [0.25, 0.3) is 0 Å². The van der Waals surface area contributed by atoms with Crippen molar-refractivity contribution in [3.8, 4) is 5.75 Å². The SMILES string of the molecule is CCOc1ccccc1CN(C)C(=O)CNc1ccccc1.Cl. The van der Waals surface area contributed by atoms with E-state index in [4.69, 9.17) is 4.74 Å². The largest absolute Gasteiger partial charge is 0.494 e. The van der Waals surface area contributed by atoms with Crippen LogP contribution < -0.4 is 10.1 Å². The normalized spacial score (nSPS) is 9.65. The molecule has 0 heterocycles. The Kier molecular flexibility index (Phi) is 7.98. The number of carbonyl (C=O) groups excluding carboxylic acids is 1. The zero-order valence-electron chi connectivity index (χ0n) is 13.5. The first kappa shape index (κ1) is 18.8. The Morgan fingerprint density at radius 2 is 1.74 bits per heavy atom. The van der Waals surface area contributed by atoms with E-state index in [1.807, 2.05) is 61.5 Å². The molecule has 2 rings (SSSR count). The van der Waals surface area contributed by atoms with Crippen molar-refractivity contribution in [3.05, 3.63) is 60.2 Å². The molecule has 0 spiro atoms. The van der Waals surface area contributed by atoms with Gasteiger partial charge >= 0.3 is 0 Å². The van der Waals surface area contributed by atoms with Gasteiger partial charge in [0.2, 0.25) is 5.91 Å². The fraction of sp³-hybridized carbons (Fsp3) is 0.278. The van der Waals surface area contributed by atoms with E-state index in [0.717, 1.165) is 17.0 Å². The van der Waals surface area contributed by atoms with Crippen LogP contribution in [-0.4, -0.2) is 31.0 Å². The highest BCUT2D eigenvalue weighted by Gasteiger charge is 2.11. The average Bonchev–Trinajstić information content (AvgIpc) is 2.55. The summed E-state index contributed by atoms with van der Waals surface area (Å²) < 4.78 is 5.59.